The number of sulfonamides is 1. The highest BCUT2D eigenvalue weighted by Crippen LogP contribution is 2.17. The summed E-state index contributed by atoms with van der Waals surface area (Å²) in [6, 6.07) is 10.9. The third kappa shape index (κ3) is 4.96. The number of benzene rings is 2. The first-order chi connectivity index (χ1) is 12.2. The Hall–Kier alpha value is -2.58. The maximum atomic E-state index is 12.8. The molecule has 8 heteroatoms. The Bertz CT molecular complexity index is 892. The van der Waals surface area contributed by atoms with Gasteiger partial charge in [-0.3, -0.25) is 9.59 Å². The summed E-state index contributed by atoms with van der Waals surface area (Å²) in [7, 11) is -0.661. The fourth-order valence-corrected chi connectivity index (χ4v) is 3.05. The summed E-state index contributed by atoms with van der Waals surface area (Å²) in [4.78, 5) is 24.0. The molecule has 0 saturated carbocycles. The number of nitrogens with zero attached hydrogens (tertiary/aromatic N) is 1. The van der Waals surface area contributed by atoms with Gasteiger partial charge in [0.25, 0.3) is 0 Å². The van der Waals surface area contributed by atoms with E-state index in [1.165, 1.54) is 62.6 Å². The number of ketones is 1. The summed E-state index contributed by atoms with van der Waals surface area (Å²) in [6.45, 7) is 0. The average Bonchev–Trinajstić information content (AvgIpc) is 2.60. The molecular formula is C18H19FN2O4S. The van der Waals surface area contributed by atoms with Gasteiger partial charge in [0.1, 0.15) is 5.82 Å². The number of hydrogen-bond acceptors (Lipinski definition) is 4. The van der Waals surface area contributed by atoms with Crippen molar-refractivity contribution < 1.29 is 22.4 Å². The maximum Gasteiger partial charge on any atom is 0.242 e. The first-order valence-corrected chi connectivity index (χ1v) is 9.25. The summed E-state index contributed by atoms with van der Waals surface area (Å²) >= 11 is 0. The van der Waals surface area contributed by atoms with E-state index in [2.05, 4.69) is 5.32 Å². The number of nitrogens with one attached hydrogen (secondary N) is 1. The van der Waals surface area contributed by atoms with Crippen molar-refractivity contribution in [2.24, 2.45) is 0 Å². The van der Waals surface area contributed by atoms with Crippen molar-refractivity contribution in [2.45, 2.75) is 17.7 Å². The molecule has 1 amide bonds. The fourth-order valence-electron chi connectivity index (χ4n) is 2.15. The number of halogens is 1. The normalized spacial score (nSPS) is 11.4. The Balaban J connectivity index is 1.91. The molecule has 0 spiro atoms. The topological polar surface area (TPSA) is 83.6 Å². The highest BCUT2D eigenvalue weighted by molar-refractivity contribution is 7.89. The van der Waals surface area contributed by atoms with Crippen LogP contribution in [-0.2, 0) is 14.8 Å². The van der Waals surface area contributed by atoms with Gasteiger partial charge in [-0.2, -0.15) is 0 Å². The van der Waals surface area contributed by atoms with Crippen molar-refractivity contribution in [3.8, 4) is 0 Å². The van der Waals surface area contributed by atoms with Crippen molar-refractivity contribution in [2.75, 3.05) is 19.4 Å². The molecule has 0 aliphatic heterocycles. The third-order valence-electron chi connectivity index (χ3n) is 3.66. The van der Waals surface area contributed by atoms with Crippen LogP contribution in [0.5, 0.6) is 0 Å². The summed E-state index contributed by atoms with van der Waals surface area (Å²) < 4.78 is 37.9. The van der Waals surface area contributed by atoms with Crippen LogP contribution >= 0.6 is 0 Å². The molecule has 0 bridgehead atoms. The number of amides is 1. The van der Waals surface area contributed by atoms with E-state index in [0.29, 0.717) is 11.3 Å². The number of hydrogen-bond donors (Lipinski definition) is 1. The SMILES string of the molecule is CN(C)S(=O)(=O)c1ccc(NC(=O)CCC(=O)c2ccc(F)cc2)cc1. The molecule has 26 heavy (non-hydrogen) atoms. The molecule has 0 saturated heterocycles. The van der Waals surface area contributed by atoms with E-state index in [1.54, 1.807) is 0 Å². The first kappa shape index (κ1) is 19.7. The molecule has 0 aliphatic carbocycles. The first-order valence-electron chi connectivity index (χ1n) is 7.81. The predicted octanol–water partition coefficient (Wildman–Crippen LogP) is 2.68. The Morgan fingerprint density at radius 3 is 2.08 bits per heavy atom. The molecule has 0 fully saturated rings. The zero-order valence-corrected chi connectivity index (χ0v) is 15.2. The largest absolute Gasteiger partial charge is 0.326 e. The smallest absolute Gasteiger partial charge is 0.242 e. The monoisotopic (exact) mass is 378 g/mol. The fraction of sp³-hybridized carbons (Fsp3) is 0.222. The van der Waals surface area contributed by atoms with Crippen LogP contribution in [0.4, 0.5) is 10.1 Å². The molecule has 0 radical (unpaired) electrons. The lowest BCUT2D eigenvalue weighted by Gasteiger charge is -2.12. The number of anilines is 1. The Kier molecular flexibility index (Phi) is 6.23. The Morgan fingerprint density at radius 1 is 0.962 bits per heavy atom. The predicted molar refractivity (Wildman–Crippen MR) is 95.9 cm³/mol. The van der Waals surface area contributed by atoms with Gasteiger partial charge in [-0.1, -0.05) is 0 Å². The Morgan fingerprint density at radius 2 is 1.54 bits per heavy atom. The van der Waals surface area contributed by atoms with Gasteiger partial charge in [0.05, 0.1) is 4.90 Å². The second-order valence-corrected chi connectivity index (χ2v) is 7.94. The minimum Gasteiger partial charge on any atom is -0.326 e. The van der Waals surface area contributed by atoms with Crippen LogP contribution in [-0.4, -0.2) is 38.5 Å². The standard InChI is InChI=1S/C18H19FN2O4S/c1-21(2)26(24,25)16-9-7-15(8-10-16)20-18(23)12-11-17(22)13-3-5-14(19)6-4-13/h3-10H,11-12H2,1-2H3,(H,20,23). The van der Waals surface area contributed by atoms with E-state index in [0.717, 1.165) is 4.31 Å². The lowest BCUT2D eigenvalue weighted by atomic mass is 10.1. The molecule has 0 atom stereocenters. The van der Waals surface area contributed by atoms with Crippen LogP contribution < -0.4 is 5.32 Å². The summed E-state index contributed by atoms with van der Waals surface area (Å²) in [5, 5.41) is 2.61. The quantitative estimate of drug-likeness (QED) is 0.751. The van der Waals surface area contributed by atoms with Gasteiger partial charge in [0, 0.05) is 38.2 Å². The molecule has 6 nitrogen and oxygen atoms in total. The molecule has 0 aromatic heterocycles. The maximum absolute atomic E-state index is 12.8. The minimum atomic E-state index is -3.53. The summed E-state index contributed by atoms with van der Waals surface area (Å²) in [5.41, 5.74) is 0.777. The highest BCUT2D eigenvalue weighted by Gasteiger charge is 2.17. The number of Topliss-reactive ketones (excluding diaryl/α,β-unsaturated/α-hetero) is 1. The van der Waals surface area contributed by atoms with Crippen LogP contribution in [0.1, 0.15) is 23.2 Å². The summed E-state index contributed by atoms with van der Waals surface area (Å²) in [6.07, 6.45) is -0.0431. The van der Waals surface area contributed by atoms with Gasteiger partial charge in [0.15, 0.2) is 5.78 Å². The number of carbonyl (C=O) groups excluding carboxylic acids is 2. The van der Waals surface area contributed by atoms with E-state index in [9.17, 15) is 22.4 Å². The second-order valence-electron chi connectivity index (χ2n) is 5.79. The third-order valence-corrected chi connectivity index (χ3v) is 5.49. The zero-order chi connectivity index (χ0) is 19.3. The molecule has 2 aromatic rings. The van der Waals surface area contributed by atoms with Crippen molar-refractivity contribution in [3.05, 3.63) is 59.9 Å². The van der Waals surface area contributed by atoms with Crippen molar-refractivity contribution in [1.82, 2.24) is 4.31 Å². The number of carbonyl (C=O) groups is 2. The molecule has 0 heterocycles. The van der Waals surface area contributed by atoms with Crippen LogP contribution in [0.25, 0.3) is 0 Å². The molecule has 2 aromatic carbocycles. The zero-order valence-electron chi connectivity index (χ0n) is 14.4. The van der Waals surface area contributed by atoms with E-state index in [-0.39, 0.29) is 29.4 Å². The lowest BCUT2D eigenvalue weighted by Crippen LogP contribution is -2.22. The van der Waals surface area contributed by atoms with E-state index in [1.807, 2.05) is 0 Å². The molecule has 0 unspecified atom stereocenters. The van der Waals surface area contributed by atoms with Gasteiger partial charge >= 0.3 is 0 Å². The molecule has 0 aliphatic rings. The average molecular weight is 378 g/mol. The highest BCUT2D eigenvalue weighted by atomic mass is 32.2. The molecule has 138 valence electrons. The second kappa shape index (κ2) is 8.20. The minimum absolute atomic E-state index is 0.00937. The van der Waals surface area contributed by atoms with Gasteiger partial charge < -0.3 is 5.32 Å². The molecular weight excluding hydrogens is 359 g/mol. The molecule has 2 rings (SSSR count). The van der Waals surface area contributed by atoms with Crippen LogP contribution in [0.3, 0.4) is 0 Å². The van der Waals surface area contributed by atoms with Gasteiger partial charge in [0.2, 0.25) is 15.9 Å². The lowest BCUT2D eigenvalue weighted by molar-refractivity contribution is -0.116. The van der Waals surface area contributed by atoms with Gasteiger partial charge in [-0.25, -0.2) is 17.1 Å². The van der Waals surface area contributed by atoms with Gasteiger partial charge in [-0.15, -0.1) is 0 Å². The van der Waals surface area contributed by atoms with Crippen molar-refractivity contribution in [1.29, 1.82) is 0 Å². The van der Waals surface area contributed by atoms with E-state index >= 15 is 0 Å². The van der Waals surface area contributed by atoms with Crippen LogP contribution in [0.15, 0.2) is 53.4 Å². The van der Waals surface area contributed by atoms with Crippen molar-refractivity contribution >= 4 is 27.4 Å². The van der Waals surface area contributed by atoms with Crippen LogP contribution in [0, 0.1) is 5.82 Å². The van der Waals surface area contributed by atoms with Crippen molar-refractivity contribution in [3.63, 3.8) is 0 Å². The molecule has 1 N–H and O–H groups in total. The summed E-state index contributed by atoms with van der Waals surface area (Å²) in [5.74, 6) is -1.06. The van der Waals surface area contributed by atoms with E-state index in [4.69, 9.17) is 0 Å². The Labute approximate surface area is 151 Å². The van der Waals surface area contributed by atoms with Crippen LogP contribution in [0.2, 0.25) is 0 Å². The van der Waals surface area contributed by atoms with Gasteiger partial charge in [-0.05, 0) is 48.5 Å². The number of rotatable bonds is 7. The van der Waals surface area contributed by atoms with E-state index < -0.39 is 15.8 Å².